The number of benzene rings is 2. The zero-order valence-corrected chi connectivity index (χ0v) is 18.8. The first-order chi connectivity index (χ1) is 14.2. The van der Waals surface area contributed by atoms with Crippen LogP contribution < -0.4 is 5.32 Å². The van der Waals surface area contributed by atoms with E-state index in [0.29, 0.717) is 18.1 Å². The van der Waals surface area contributed by atoms with E-state index in [1.807, 2.05) is 39.0 Å². The monoisotopic (exact) mass is 427 g/mol. The van der Waals surface area contributed by atoms with Crippen LogP contribution in [0.25, 0.3) is 0 Å². The van der Waals surface area contributed by atoms with Gasteiger partial charge in [0.1, 0.15) is 0 Å². The lowest BCUT2D eigenvalue weighted by Gasteiger charge is -2.43. The summed E-state index contributed by atoms with van der Waals surface area (Å²) in [6.45, 7) is 8.45. The molecule has 0 aromatic heterocycles. The maximum atomic E-state index is 13.3. The molecular weight excluding hydrogens is 398 g/mol. The van der Waals surface area contributed by atoms with Crippen molar-refractivity contribution in [3.63, 3.8) is 0 Å². The van der Waals surface area contributed by atoms with Gasteiger partial charge in [-0.3, -0.25) is 4.79 Å². The van der Waals surface area contributed by atoms with Gasteiger partial charge < -0.3 is 14.8 Å². The average molecular weight is 428 g/mol. The average Bonchev–Trinajstić information content (AvgIpc) is 3.02. The quantitative estimate of drug-likeness (QED) is 0.696. The van der Waals surface area contributed by atoms with E-state index >= 15 is 0 Å². The fourth-order valence-corrected chi connectivity index (χ4v) is 4.99. The fraction of sp³-hybridized carbons (Fsp3) is 0.480. The number of halogens is 1. The number of amides is 1. The van der Waals surface area contributed by atoms with Crippen LogP contribution in [0.5, 0.6) is 0 Å². The second-order valence-electron chi connectivity index (χ2n) is 9.44. The molecule has 4 rings (SSSR count). The van der Waals surface area contributed by atoms with Crippen LogP contribution in [-0.4, -0.2) is 24.4 Å². The molecule has 2 aliphatic heterocycles. The number of nitrogens with one attached hydrogen (secondary N) is 1. The molecule has 30 heavy (non-hydrogen) atoms. The minimum atomic E-state index is -0.594. The van der Waals surface area contributed by atoms with Crippen LogP contribution in [0.3, 0.4) is 0 Å². The SMILES string of the molecule is Cc1ccc([C@H]2NC(=O)C(C)(CC3COC(C)(C)O3)C[C@@H]2c2cccc(Cl)c2)cc1. The summed E-state index contributed by atoms with van der Waals surface area (Å²) in [6, 6.07) is 16.3. The minimum Gasteiger partial charge on any atom is -0.348 e. The van der Waals surface area contributed by atoms with Crippen molar-refractivity contribution in [1.82, 2.24) is 5.32 Å². The molecule has 2 aromatic carbocycles. The third-order valence-electron chi connectivity index (χ3n) is 6.37. The van der Waals surface area contributed by atoms with Crippen LogP contribution >= 0.6 is 11.6 Å². The molecule has 0 bridgehead atoms. The fourth-order valence-electron chi connectivity index (χ4n) is 4.79. The predicted octanol–water partition coefficient (Wildman–Crippen LogP) is 5.54. The first kappa shape index (κ1) is 21.4. The Balaban J connectivity index is 1.65. The van der Waals surface area contributed by atoms with Gasteiger partial charge in [-0.1, -0.05) is 60.5 Å². The number of aryl methyl sites for hydroxylation is 1. The van der Waals surface area contributed by atoms with E-state index in [1.165, 1.54) is 5.56 Å². The van der Waals surface area contributed by atoms with Crippen LogP contribution in [0.1, 0.15) is 62.3 Å². The van der Waals surface area contributed by atoms with Crippen molar-refractivity contribution in [2.75, 3.05) is 6.61 Å². The molecule has 0 spiro atoms. The highest BCUT2D eigenvalue weighted by atomic mass is 35.5. The Kier molecular flexibility index (Phi) is 5.69. The van der Waals surface area contributed by atoms with Gasteiger partial charge in [0.05, 0.1) is 18.8 Å². The van der Waals surface area contributed by atoms with Crippen LogP contribution in [0.4, 0.5) is 0 Å². The molecule has 2 fully saturated rings. The van der Waals surface area contributed by atoms with Crippen molar-refractivity contribution in [1.29, 1.82) is 0 Å². The zero-order chi connectivity index (χ0) is 21.5. The van der Waals surface area contributed by atoms with E-state index in [4.69, 9.17) is 21.1 Å². The minimum absolute atomic E-state index is 0.0691. The largest absolute Gasteiger partial charge is 0.348 e. The molecule has 2 saturated heterocycles. The lowest BCUT2D eigenvalue weighted by atomic mass is 9.68. The molecule has 2 heterocycles. The lowest BCUT2D eigenvalue weighted by molar-refractivity contribution is -0.149. The van der Waals surface area contributed by atoms with Crippen molar-refractivity contribution in [2.24, 2.45) is 5.41 Å². The summed E-state index contributed by atoms with van der Waals surface area (Å²) in [7, 11) is 0. The first-order valence-electron chi connectivity index (χ1n) is 10.6. The third-order valence-corrected chi connectivity index (χ3v) is 6.60. The Labute approximate surface area is 183 Å². The van der Waals surface area contributed by atoms with Gasteiger partial charge in [0.15, 0.2) is 5.79 Å². The van der Waals surface area contributed by atoms with Gasteiger partial charge in [-0.25, -0.2) is 0 Å². The Morgan fingerprint density at radius 3 is 2.47 bits per heavy atom. The maximum Gasteiger partial charge on any atom is 0.226 e. The Morgan fingerprint density at radius 1 is 1.10 bits per heavy atom. The van der Waals surface area contributed by atoms with Crippen LogP contribution in [-0.2, 0) is 14.3 Å². The van der Waals surface area contributed by atoms with Gasteiger partial charge >= 0.3 is 0 Å². The molecular formula is C25H30ClNO3. The molecule has 1 amide bonds. The van der Waals surface area contributed by atoms with Gasteiger partial charge in [-0.2, -0.15) is 0 Å². The normalized spacial score (nSPS) is 30.8. The summed E-state index contributed by atoms with van der Waals surface area (Å²) in [5, 5.41) is 4.04. The van der Waals surface area contributed by atoms with Crippen LogP contribution in [0.2, 0.25) is 5.02 Å². The van der Waals surface area contributed by atoms with Crippen molar-refractivity contribution in [3.05, 3.63) is 70.2 Å². The zero-order valence-electron chi connectivity index (χ0n) is 18.1. The van der Waals surface area contributed by atoms with Gasteiger partial charge in [0.25, 0.3) is 0 Å². The van der Waals surface area contributed by atoms with Crippen molar-refractivity contribution in [3.8, 4) is 0 Å². The predicted molar refractivity (Wildman–Crippen MR) is 119 cm³/mol. The summed E-state index contributed by atoms with van der Waals surface area (Å²) >= 11 is 6.32. The van der Waals surface area contributed by atoms with E-state index in [1.54, 1.807) is 0 Å². The number of carbonyl (C=O) groups excluding carboxylic acids is 1. The summed E-state index contributed by atoms with van der Waals surface area (Å²) in [5.74, 6) is -0.410. The number of carbonyl (C=O) groups is 1. The highest BCUT2D eigenvalue weighted by molar-refractivity contribution is 6.30. The first-order valence-corrected chi connectivity index (χ1v) is 11.0. The van der Waals surface area contributed by atoms with Crippen molar-refractivity contribution in [2.45, 2.75) is 64.4 Å². The third kappa shape index (κ3) is 4.41. The van der Waals surface area contributed by atoms with Gasteiger partial charge in [-0.15, -0.1) is 0 Å². The van der Waals surface area contributed by atoms with Gasteiger partial charge in [0.2, 0.25) is 5.91 Å². The van der Waals surface area contributed by atoms with E-state index in [-0.39, 0.29) is 24.0 Å². The Morgan fingerprint density at radius 2 is 1.83 bits per heavy atom. The lowest BCUT2D eigenvalue weighted by Crippen LogP contribution is -2.50. The molecule has 4 nitrogen and oxygen atoms in total. The highest BCUT2D eigenvalue weighted by Crippen LogP contribution is 2.48. The summed E-state index contributed by atoms with van der Waals surface area (Å²) < 4.78 is 11.8. The molecule has 2 unspecified atom stereocenters. The molecule has 1 N–H and O–H groups in total. The standard InChI is InChI=1S/C25H30ClNO3/c1-16-8-10-17(11-9-16)22-21(18-6-5-7-19(26)12-18)14-25(4,23(28)27-22)13-20-15-29-24(2,3)30-20/h5-12,20-22H,13-15H2,1-4H3,(H,27,28)/t20?,21-,22-,25?/m1/s1. The molecule has 0 radical (unpaired) electrons. The number of ether oxygens (including phenoxy) is 2. The molecule has 4 atom stereocenters. The molecule has 2 aliphatic rings. The number of piperidine rings is 1. The van der Waals surface area contributed by atoms with Crippen LogP contribution in [0, 0.1) is 12.3 Å². The molecule has 5 heteroatoms. The maximum absolute atomic E-state index is 13.3. The summed E-state index contributed by atoms with van der Waals surface area (Å²) in [6.07, 6.45) is 1.25. The molecule has 2 aromatic rings. The Hall–Kier alpha value is -1.88. The van der Waals surface area contributed by atoms with E-state index in [0.717, 1.165) is 17.5 Å². The second-order valence-corrected chi connectivity index (χ2v) is 9.88. The van der Waals surface area contributed by atoms with E-state index in [9.17, 15) is 4.79 Å². The Bertz CT molecular complexity index is 926. The molecule has 0 aliphatic carbocycles. The number of hydrogen-bond donors (Lipinski definition) is 1. The number of hydrogen-bond acceptors (Lipinski definition) is 3. The van der Waals surface area contributed by atoms with Crippen LogP contribution in [0.15, 0.2) is 48.5 Å². The topological polar surface area (TPSA) is 47.6 Å². The summed E-state index contributed by atoms with van der Waals surface area (Å²) in [5.41, 5.74) is 2.90. The molecule has 0 saturated carbocycles. The van der Waals surface area contributed by atoms with E-state index in [2.05, 4.69) is 42.6 Å². The van der Waals surface area contributed by atoms with E-state index < -0.39 is 11.2 Å². The smallest absolute Gasteiger partial charge is 0.226 e. The van der Waals surface area contributed by atoms with Gasteiger partial charge in [0, 0.05) is 16.4 Å². The summed E-state index contributed by atoms with van der Waals surface area (Å²) in [4.78, 5) is 13.3. The molecule has 160 valence electrons. The van der Waals surface area contributed by atoms with Gasteiger partial charge in [-0.05, 0) is 56.9 Å². The van der Waals surface area contributed by atoms with Crippen molar-refractivity contribution >= 4 is 17.5 Å². The number of rotatable bonds is 4. The second kappa shape index (κ2) is 7.99. The van der Waals surface area contributed by atoms with Crippen molar-refractivity contribution < 1.29 is 14.3 Å². The highest BCUT2D eigenvalue weighted by Gasteiger charge is 2.48.